The van der Waals surface area contributed by atoms with Crippen molar-refractivity contribution in [3.8, 4) is 11.3 Å². The second-order valence-electron chi connectivity index (χ2n) is 11.0. The molecule has 0 bridgehead atoms. The van der Waals surface area contributed by atoms with Gasteiger partial charge in [-0.1, -0.05) is 30.3 Å². The van der Waals surface area contributed by atoms with E-state index in [1.807, 2.05) is 37.5 Å². The predicted molar refractivity (Wildman–Crippen MR) is 156 cm³/mol. The highest BCUT2D eigenvalue weighted by molar-refractivity contribution is 5.96. The van der Waals surface area contributed by atoms with Gasteiger partial charge in [-0.3, -0.25) is 4.79 Å². The number of hydrogen-bond donors (Lipinski definition) is 2. The van der Waals surface area contributed by atoms with Crippen molar-refractivity contribution in [3.63, 3.8) is 0 Å². The molecule has 1 aliphatic heterocycles. The molecule has 1 amide bonds. The number of aliphatic hydroxyl groups excluding tert-OH is 1. The quantitative estimate of drug-likeness (QED) is 0.315. The molecular formula is C31H33N7O3. The minimum atomic E-state index is -0.516. The Morgan fingerprint density at radius 3 is 2.66 bits per heavy atom. The Morgan fingerprint density at radius 1 is 1.07 bits per heavy atom. The van der Waals surface area contributed by atoms with Gasteiger partial charge in [0.15, 0.2) is 11.3 Å². The van der Waals surface area contributed by atoms with Crippen LogP contribution in [0.5, 0.6) is 0 Å². The minimum absolute atomic E-state index is 0.250. The zero-order valence-electron chi connectivity index (χ0n) is 23.0. The van der Waals surface area contributed by atoms with Gasteiger partial charge in [0.25, 0.3) is 5.91 Å². The van der Waals surface area contributed by atoms with Gasteiger partial charge in [-0.25, -0.2) is 14.5 Å². The highest BCUT2D eigenvalue weighted by Crippen LogP contribution is 2.36. The standard InChI is InChI=1S/C31H33N7O3/c1-36(18-20-6-3-2-4-7-20)26-16-25(35-38-27(17-33-30(26)38)31(40)34-24-9-10-28(24)39)23-19-37(21-11-14-41-15-12-21)29-22(23)8-5-13-32-29/h2-8,13,16-17,19,21,24,28,39H,9-12,14-15,18H2,1H3,(H,34,40). The monoisotopic (exact) mass is 551 g/mol. The summed E-state index contributed by atoms with van der Waals surface area (Å²) in [4.78, 5) is 24.9. The normalized spacial score (nSPS) is 19.4. The van der Waals surface area contributed by atoms with Crippen LogP contribution in [0.2, 0.25) is 0 Å². The van der Waals surface area contributed by atoms with Gasteiger partial charge in [-0.05, 0) is 49.4 Å². The Kier molecular flexibility index (Phi) is 6.64. The van der Waals surface area contributed by atoms with Crippen molar-refractivity contribution < 1.29 is 14.6 Å². The minimum Gasteiger partial charge on any atom is -0.391 e. The predicted octanol–water partition coefficient (Wildman–Crippen LogP) is 3.99. The number of rotatable bonds is 7. The van der Waals surface area contributed by atoms with Crippen LogP contribution in [0.3, 0.4) is 0 Å². The maximum Gasteiger partial charge on any atom is 0.271 e. The van der Waals surface area contributed by atoms with Gasteiger partial charge in [0.2, 0.25) is 0 Å². The van der Waals surface area contributed by atoms with E-state index in [9.17, 15) is 9.90 Å². The molecular weight excluding hydrogens is 518 g/mol. The summed E-state index contributed by atoms with van der Waals surface area (Å²) in [7, 11) is 2.03. The second-order valence-corrected chi connectivity index (χ2v) is 11.0. The Balaban J connectivity index is 1.36. The first-order chi connectivity index (χ1) is 20.1. The van der Waals surface area contributed by atoms with Crippen molar-refractivity contribution in [2.45, 2.75) is 50.4 Å². The summed E-state index contributed by atoms with van der Waals surface area (Å²) >= 11 is 0. The molecule has 0 spiro atoms. The Labute approximate surface area is 237 Å². The van der Waals surface area contributed by atoms with E-state index >= 15 is 0 Å². The number of nitrogens with one attached hydrogen (secondary N) is 1. The fourth-order valence-electron chi connectivity index (χ4n) is 5.88. The summed E-state index contributed by atoms with van der Waals surface area (Å²) in [5, 5.41) is 19.0. The number of amides is 1. The zero-order valence-corrected chi connectivity index (χ0v) is 23.0. The molecule has 4 aromatic heterocycles. The van der Waals surface area contributed by atoms with Crippen molar-refractivity contribution in [1.29, 1.82) is 0 Å². The average Bonchev–Trinajstić information content (AvgIpc) is 3.62. The molecule has 2 unspecified atom stereocenters. The molecule has 1 aromatic carbocycles. The summed E-state index contributed by atoms with van der Waals surface area (Å²) in [6.45, 7) is 2.12. The van der Waals surface area contributed by atoms with Crippen LogP contribution in [0, 0.1) is 0 Å². The van der Waals surface area contributed by atoms with E-state index in [2.05, 4.69) is 50.2 Å². The molecule has 210 valence electrons. The smallest absolute Gasteiger partial charge is 0.271 e. The third-order valence-electron chi connectivity index (χ3n) is 8.36. The molecule has 1 aliphatic carbocycles. The van der Waals surface area contributed by atoms with Crippen molar-refractivity contribution in [2.24, 2.45) is 0 Å². The van der Waals surface area contributed by atoms with Gasteiger partial charge >= 0.3 is 0 Å². The third kappa shape index (κ3) is 4.72. The fraction of sp³-hybridized carbons (Fsp3) is 0.355. The maximum absolute atomic E-state index is 13.3. The van der Waals surface area contributed by atoms with Gasteiger partial charge in [-0.2, -0.15) is 5.10 Å². The summed E-state index contributed by atoms with van der Waals surface area (Å²) in [5.41, 5.74) is 5.54. The lowest BCUT2D eigenvalue weighted by atomic mass is 9.89. The molecule has 10 heteroatoms. The first-order valence-electron chi connectivity index (χ1n) is 14.2. The summed E-state index contributed by atoms with van der Waals surface area (Å²) < 4.78 is 9.52. The van der Waals surface area contributed by atoms with Gasteiger partial charge in [-0.15, -0.1) is 0 Å². The first kappa shape index (κ1) is 25.7. The molecule has 10 nitrogen and oxygen atoms in total. The number of nitrogens with zero attached hydrogens (tertiary/aromatic N) is 6. The highest BCUT2D eigenvalue weighted by atomic mass is 16.5. The van der Waals surface area contributed by atoms with Crippen molar-refractivity contribution in [2.75, 3.05) is 25.2 Å². The van der Waals surface area contributed by atoms with Gasteiger partial charge < -0.3 is 24.6 Å². The maximum atomic E-state index is 13.3. The SMILES string of the molecule is CN(Cc1ccccc1)c1cc(-c2cn(C3CCOCC3)c3ncccc23)nn2c(C(=O)NC3CCC3O)cnc12. The molecule has 1 saturated heterocycles. The number of aromatic nitrogens is 5. The number of benzene rings is 1. The molecule has 0 radical (unpaired) electrons. The molecule has 7 rings (SSSR count). The highest BCUT2D eigenvalue weighted by Gasteiger charge is 2.31. The van der Waals surface area contributed by atoms with Crippen LogP contribution in [0.15, 0.2) is 67.1 Å². The molecule has 1 saturated carbocycles. The van der Waals surface area contributed by atoms with E-state index in [0.717, 1.165) is 66.0 Å². The molecule has 5 heterocycles. The van der Waals surface area contributed by atoms with Crippen molar-refractivity contribution >= 4 is 28.3 Å². The van der Waals surface area contributed by atoms with Gasteiger partial charge in [0.1, 0.15) is 5.65 Å². The van der Waals surface area contributed by atoms with Crippen molar-refractivity contribution in [3.05, 3.63) is 78.4 Å². The topological polar surface area (TPSA) is 110 Å². The number of anilines is 1. The number of ether oxygens (including phenoxy) is 1. The third-order valence-corrected chi connectivity index (χ3v) is 8.36. The first-order valence-corrected chi connectivity index (χ1v) is 14.2. The number of aliphatic hydroxyl groups is 1. The molecule has 2 N–H and O–H groups in total. The van der Waals surface area contributed by atoms with E-state index in [-0.39, 0.29) is 11.9 Å². The van der Waals surface area contributed by atoms with Crippen LogP contribution in [0.25, 0.3) is 27.9 Å². The molecule has 2 atom stereocenters. The summed E-state index contributed by atoms with van der Waals surface area (Å²) in [6.07, 6.45) is 8.32. The number of hydrogen-bond acceptors (Lipinski definition) is 7. The average molecular weight is 552 g/mol. The number of carbonyl (C=O) groups is 1. The lowest BCUT2D eigenvalue weighted by Crippen LogP contribution is -2.50. The Hall–Kier alpha value is -4.28. The summed E-state index contributed by atoms with van der Waals surface area (Å²) in [5.74, 6) is -0.297. The largest absolute Gasteiger partial charge is 0.391 e. The van der Waals surface area contributed by atoms with Gasteiger partial charge in [0.05, 0.1) is 29.7 Å². The Bertz CT molecular complexity index is 1710. The molecule has 41 heavy (non-hydrogen) atoms. The molecule has 2 aliphatic rings. The van der Waals surface area contributed by atoms with Crippen LogP contribution in [-0.2, 0) is 11.3 Å². The number of fused-ring (bicyclic) bond motifs is 2. The Morgan fingerprint density at radius 2 is 1.90 bits per heavy atom. The van der Waals surface area contributed by atoms with E-state index < -0.39 is 6.10 Å². The van der Waals surface area contributed by atoms with Gasteiger partial charge in [0, 0.05) is 56.2 Å². The lowest BCUT2D eigenvalue weighted by molar-refractivity contribution is 0.0445. The number of carbonyl (C=O) groups excluding carboxylic acids is 1. The zero-order chi connectivity index (χ0) is 27.9. The van der Waals surface area contributed by atoms with E-state index in [1.54, 1.807) is 10.7 Å². The fourth-order valence-corrected chi connectivity index (χ4v) is 5.88. The number of pyridine rings is 1. The van der Waals surface area contributed by atoms with Crippen LogP contribution in [-0.4, -0.2) is 67.6 Å². The van der Waals surface area contributed by atoms with E-state index in [1.165, 1.54) is 0 Å². The van der Waals surface area contributed by atoms with Crippen LogP contribution in [0.4, 0.5) is 5.69 Å². The second kappa shape index (κ2) is 10.6. The van der Waals surface area contributed by atoms with Crippen LogP contribution < -0.4 is 10.2 Å². The van der Waals surface area contributed by atoms with E-state index in [0.29, 0.717) is 30.3 Å². The van der Waals surface area contributed by atoms with Crippen molar-refractivity contribution in [1.82, 2.24) is 29.5 Å². The van der Waals surface area contributed by atoms with E-state index in [4.69, 9.17) is 14.8 Å². The van der Waals surface area contributed by atoms with Crippen LogP contribution >= 0.6 is 0 Å². The molecule has 5 aromatic rings. The lowest BCUT2D eigenvalue weighted by Gasteiger charge is -2.32. The number of imidazole rings is 1. The summed E-state index contributed by atoms with van der Waals surface area (Å²) in [6, 6.07) is 16.4. The van der Waals surface area contributed by atoms with Crippen LogP contribution in [0.1, 0.15) is 47.8 Å². The molecule has 2 fully saturated rings.